The molecule has 10 atom stereocenters. The number of carbonyl (C=O) groups excluding carboxylic acids is 11. The molecule has 0 radical (unpaired) electrons. The Morgan fingerprint density at radius 1 is 0.330 bits per heavy atom. The summed E-state index contributed by atoms with van der Waals surface area (Å²) in [5, 5.41) is 27.9. The fourth-order valence-electron chi connectivity index (χ4n) is 10.2. The Hall–Kier alpha value is -6.77. The molecule has 26 heteroatoms. The van der Waals surface area contributed by atoms with E-state index in [1.165, 1.54) is 0 Å². The summed E-state index contributed by atoms with van der Waals surface area (Å²) >= 11 is 0. The predicted molar refractivity (Wildman–Crippen MR) is 337 cm³/mol. The lowest BCUT2D eigenvalue weighted by molar-refractivity contribution is -0.137. The Bertz CT molecular complexity index is 2360. The van der Waals surface area contributed by atoms with E-state index in [4.69, 9.17) is 28.7 Å². The number of hydrogen-bond donors (Lipinski definition) is 15. The van der Waals surface area contributed by atoms with Crippen LogP contribution in [0.25, 0.3) is 0 Å². The molecule has 1 aliphatic rings. The van der Waals surface area contributed by atoms with Crippen LogP contribution in [0.1, 0.15) is 177 Å². The Balaban J connectivity index is 3.00. The van der Waals surface area contributed by atoms with Gasteiger partial charge in [-0.15, -0.1) is 0 Å². The van der Waals surface area contributed by atoms with Gasteiger partial charge in [0.25, 0.3) is 0 Å². The van der Waals surface area contributed by atoms with E-state index < -0.39 is 125 Å². The van der Waals surface area contributed by atoms with Crippen LogP contribution in [0.5, 0.6) is 0 Å². The first-order valence-electron chi connectivity index (χ1n) is 31.9. The molecule has 1 saturated heterocycles. The van der Waals surface area contributed by atoms with Crippen molar-refractivity contribution in [3.63, 3.8) is 0 Å². The van der Waals surface area contributed by atoms with Crippen molar-refractivity contribution < 1.29 is 52.7 Å². The van der Waals surface area contributed by atoms with Gasteiger partial charge in [0.2, 0.25) is 65.0 Å². The highest BCUT2D eigenvalue weighted by atomic mass is 16.2. The molecule has 0 unspecified atom stereocenters. The van der Waals surface area contributed by atoms with Gasteiger partial charge in [-0.05, 0) is 165 Å². The SMILES string of the molecule is CC(C)C[C@@H]1NC(=O)[C@H](CCCCN)NC(=O)[C@H](CCCCN)NC(=O)[C@H](Cc2ccccc2)NC(=O)[C@H](CCCCN)NC(=O)[C@H](CC(C)C)NC(=O)[C@H](CC(C)C)NC(=O)[C@H](CC(C)C)NC(=O)[C@H](CCCCN)NC(=O)[C@H](CCC(N)=O)NC1=O. The molecule has 1 fully saturated rings. The van der Waals surface area contributed by atoms with E-state index in [0.717, 1.165) is 0 Å². The van der Waals surface area contributed by atoms with Crippen LogP contribution in [0.3, 0.4) is 0 Å². The molecule has 0 aliphatic carbocycles. The number of rotatable bonds is 29. The van der Waals surface area contributed by atoms with E-state index in [9.17, 15) is 52.7 Å². The molecule has 0 bridgehead atoms. The molecular formula is C62H109N15O11. The summed E-state index contributed by atoms with van der Waals surface area (Å²) in [4.78, 5) is 158. The quantitative estimate of drug-likeness (QED) is 0.0472. The molecule has 498 valence electrons. The number of amides is 11. The van der Waals surface area contributed by atoms with E-state index in [1.54, 1.807) is 44.2 Å². The minimum absolute atomic E-state index is 0.0314. The maximum Gasteiger partial charge on any atom is 0.243 e. The third-order valence-corrected chi connectivity index (χ3v) is 14.9. The summed E-state index contributed by atoms with van der Waals surface area (Å²) in [6.45, 7) is 15.7. The number of benzene rings is 1. The van der Waals surface area contributed by atoms with Crippen LogP contribution in [-0.2, 0) is 59.2 Å². The summed E-state index contributed by atoms with van der Waals surface area (Å²) in [7, 11) is 0. The van der Waals surface area contributed by atoms with Gasteiger partial charge in [0.05, 0.1) is 0 Å². The summed E-state index contributed by atoms with van der Waals surface area (Å²) in [6, 6.07) is -4.18. The highest BCUT2D eigenvalue weighted by Gasteiger charge is 2.38. The van der Waals surface area contributed by atoms with Crippen molar-refractivity contribution in [1.82, 2.24) is 53.2 Å². The molecule has 1 heterocycles. The van der Waals surface area contributed by atoms with E-state index in [-0.39, 0.29) is 120 Å². The Labute approximate surface area is 521 Å². The van der Waals surface area contributed by atoms with Gasteiger partial charge in [0, 0.05) is 12.8 Å². The lowest BCUT2D eigenvalue weighted by Gasteiger charge is -2.30. The summed E-state index contributed by atoms with van der Waals surface area (Å²) in [5.74, 6) is -9.19. The van der Waals surface area contributed by atoms with Crippen LogP contribution in [0.15, 0.2) is 30.3 Å². The van der Waals surface area contributed by atoms with Gasteiger partial charge in [-0.2, -0.15) is 0 Å². The van der Waals surface area contributed by atoms with Gasteiger partial charge in [-0.3, -0.25) is 52.7 Å². The summed E-state index contributed by atoms with van der Waals surface area (Å²) in [5.41, 5.74) is 29.7. The zero-order valence-electron chi connectivity index (χ0n) is 53.6. The Morgan fingerprint density at radius 2 is 0.545 bits per heavy atom. The van der Waals surface area contributed by atoms with Gasteiger partial charge in [-0.1, -0.05) is 85.7 Å². The van der Waals surface area contributed by atoms with E-state index >= 15 is 0 Å². The smallest absolute Gasteiger partial charge is 0.243 e. The topological polar surface area (TPSA) is 438 Å². The van der Waals surface area contributed by atoms with Crippen LogP contribution in [0.2, 0.25) is 0 Å². The van der Waals surface area contributed by atoms with Crippen molar-refractivity contribution in [2.45, 2.75) is 238 Å². The van der Waals surface area contributed by atoms with Crippen LogP contribution >= 0.6 is 0 Å². The van der Waals surface area contributed by atoms with Crippen LogP contribution < -0.4 is 81.8 Å². The average molecular weight is 1240 g/mol. The Morgan fingerprint density at radius 3 is 0.784 bits per heavy atom. The van der Waals surface area contributed by atoms with Gasteiger partial charge in [0.1, 0.15) is 60.4 Å². The highest BCUT2D eigenvalue weighted by Crippen LogP contribution is 2.16. The van der Waals surface area contributed by atoms with Crippen molar-refractivity contribution in [1.29, 1.82) is 0 Å². The number of carbonyl (C=O) groups is 11. The second kappa shape index (κ2) is 42.2. The molecule has 2 rings (SSSR count). The molecule has 26 nitrogen and oxygen atoms in total. The van der Waals surface area contributed by atoms with Crippen LogP contribution in [0, 0.1) is 23.7 Å². The van der Waals surface area contributed by atoms with Gasteiger partial charge in [-0.25, -0.2) is 0 Å². The largest absolute Gasteiger partial charge is 0.370 e. The van der Waals surface area contributed by atoms with Gasteiger partial charge >= 0.3 is 0 Å². The van der Waals surface area contributed by atoms with Crippen LogP contribution in [-0.4, -0.2) is 152 Å². The first kappa shape index (κ1) is 77.3. The minimum Gasteiger partial charge on any atom is -0.370 e. The standard InChI is InChI=1S/C62H109N15O11/c1-37(2)32-47-59(85)72-46(26-27-52(67)78)57(83)69-44(24-14-18-30-65)55(81)74-49(34-39(5)6)60(86)76-50(35-40(7)8)61(87)75-48(33-38(3)4)58(84)70-45(25-15-19-31-66)56(82)77-51(36-41-20-10-9-11-21-41)62(88)71-42(22-12-16-28-63)53(79)68-43(54(80)73-47)23-13-17-29-64/h9-11,20-21,37-40,42-51H,12-19,22-36,63-66H2,1-8H3,(H2,67,78)(H,68,79)(H,69,83)(H,70,84)(H,71,88)(H,72,85)(H,73,80)(H,74,81)(H,75,87)(H,76,86)(H,77,82)/t42-,43-,44-,45-,46-,47-,48-,49-,50-,51-/m0/s1. The maximum atomic E-state index is 14.8. The van der Waals surface area contributed by atoms with Crippen molar-refractivity contribution >= 4 is 65.0 Å². The zero-order valence-corrected chi connectivity index (χ0v) is 53.6. The normalized spacial score (nSPS) is 24.1. The molecular weight excluding hydrogens is 1130 g/mol. The van der Waals surface area contributed by atoms with Crippen LogP contribution in [0.4, 0.5) is 0 Å². The highest BCUT2D eigenvalue weighted by molar-refractivity contribution is 5.99. The fraction of sp³-hybridized carbons (Fsp3) is 0.726. The number of hydrogen-bond acceptors (Lipinski definition) is 15. The molecule has 1 aromatic rings. The fourth-order valence-corrected chi connectivity index (χ4v) is 10.2. The van der Waals surface area contributed by atoms with Crippen molar-refractivity contribution in [2.75, 3.05) is 26.2 Å². The van der Waals surface area contributed by atoms with E-state index in [1.807, 2.05) is 41.5 Å². The second-order valence-electron chi connectivity index (χ2n) is 25.0. The third kappa shape index (κ3) is 30.4. The van der Waals surface area contributed by atoms with E-state index in [0.29, 0.717) is 56.9 Å². The molecule has 88 heavy (non-hydrogen) atoms. The number of nitrogens with two attached hydrogens (primary N) is 5. The second-order valence-corrected chi connectivity index (χ2v) is 25.0. The number of primary amides is 1. The molecule has 11 amide bonds. The minimum atomic E-state index is -1.49. The van der Waals surface area contributed by atoms with Crippen molar-refractivity contribution in [3.8, 4) is 0 Å². The molecule has 1 aliphatic heterocycles. The maximum absolute atomic E-state index is 14.8. The molecule has 20 N–H and O–H groups in total. The Kier molecular flexibility index (Phi) is 37.1. The van der Waals surface area contributed by atoms with Gasteiger partial charge < -0.3 is 81.8 Å². The lowest BCUT2D eigenvalue weighted by Crippen LogP contribution is -2.61. The van der Waals surface area contributed by atoms with E-state index in [2.05, 4.69) is 53.2 Å². The van der Waals surface area contributed by atoms with Crippen molar-refractivity contribution in [3.05, 3.63) is 35.9 Å². The first-order valence-corrected chi connectivity index (χ1v) is 31.9. The molecule has 0 saturated carbocycles. The number of unbranched alkanes of at least 4 members (excludes halogenated alkanes) is 4. The summed E-state index contributed by atoms with van der Waals surface area (Å²) < 4.78 is 0. The first-order chi connectivity index (χ1) is 41.7. The zero-order chi connectivity index (χ0) is 65.9. The molecule has 0 aromatic heterocycles. The van der Waals surface area contributed by atoms with Crippen molar-refractivity contribution in [2.24, 2.45) is 52.3 Å². The molecule has 0 spiro atoms. The predicted octanol–water partition coefficient (Wildman–Crippen LogP) is 0.0566. The lowest BCUT2D eigenvalue weighted by atomic mass is 9.98. The monoisotopic (exact) mass is 1240 g/mol. The number of nitrogens with one attached hydrogen (secondary N) is 10. The summed E-state index contributed by atoms with van der Waals surface area (Å²) in [6.07, 6.45) is 3.11. The average Bonchev–Trinajstić information content (AvgIpc) is 3.53. The molecule has 1 aromatic carbocycles. The van der Waals surface area contributed by atoms with Gasteiger partial charge in [0.15, 0.2) is 0 Å². The third-order valence-electron chi connectivity index (χ3n) is 14.9.